The van der Waals surface area contributed by atoms with Crippen molar-refractivity contribution in [2.45, 2.75) is 20.3 Å². The number of rotatable bonds is 4. The first-order valence-electron chi connectivity index (χ1n) is 4.98. The predicted octanol–water partition coefficient (Wildman–Crippen LogP) is 2.56. The van der Waals surface area contributed by atoms with Crippen LogP contribution in [0, 0.1) is 5.92 Å². The van der Waals surface area contributed by atoms with E-state index in [0.29, 0.717) is 11.3 Å². The maximum absolute atomic E-state index is 11.4. The predicted molar refractivity (Wildman–Crippen MR) is 61.5 cm³/mol. The zero-order chi connectivity index (χ0) is 12.1. The van der Waals surface area contributed by atoms with Crippen LogP contribution in [0.5, 0.6) is 5.75 Å². The fraction of sp³-hybridized carbons (Fsp3) is 0.333. The van der Waals surface area contributed by atoms with Gasteiger partial charge in [-0.3, -0.25) is 9.59 Å². The Morgan fingerprint density at radius 2 is 1.94 bits per heavy atom. The fourth-order valence-electron chi connectivity index (χ4n) is 1.13. The molecule has 0 spiro atoms. The summed E-state index contributed by atoms with van der Waals surface area (Å²) in [6.07, 6.45) is 0.0586. The first-order chi connectivity index (χ1) is 7.50. The van der Waals surface area contributed by atoms with Gasteiger partial charge in [-0.05, 0) is 17.7 Å². The Labute approximate surface area is 99.4 Å². The summed E-state index contributed by atoms with van der Waals surface area (Å²) in [5.41, 5.74) is 0.622. The van der Waals surface area contributed by atoms with Crippen molar-refractivity contribution in [3.63, 3.8) is 0 Å². The van der Waals surface area contributed by atoms with Crippen molar-refractivity contribution in [3.8, 4) is 5.75 Å². The molecule has 1 aromatic rings. The molecular formula is C12H13ClO3. The summed E-state index contributed by atoms with van der Waals surface area (Å²) in [7, 11) is 0. The number of ether oxygens (including phenoxy) is 1. The van der Waals surface area contributed by atoms with E-state index in [0.717, 1.165) is 0 Å². The highest BCUT2D eigenvalue weighted by Gasteiger charge is 2.13. The van der Waals surface area contributed by atoms with E-state index in [1.165, 1.54) is 0 Å². The van der Waals surface area contributed by atoms with Gasteiger partial charge in [-0.25, -0.2) is 0 Å². The summed E-state index contributed by atoms with van der Waals surface area (Å²) in [6, 6.07) is 6.87. The van der Waals surface area contributed by atoms with Crippen molar-refractivity contribution in [2.24, 2.45) is 5.92 Å². The van der Waals surface area contributed by atoms with Crippen LogP contribution in [0.4, 0.5) is 0 Å². The Balaban J connectivity index is 2.86. The van der Waals surface area contributed by atoms with Crippen LogP contribution in [0.3, 0.4) is 0 Å². The monoisotopic (exact) mass is 240 g/mol. The first-order valence-corrected chi connectivity index (χ1v) is 5.36. The molecule has 0 heterocycles. The number of para-hydroxylation sites is 1. The number of carbonyl (C=O) groups excluding carboxylic acids is 2. The molecule has 0 saturated carbocycles. The second-order valence-electron chi connectivity index (χ2n) is 3.72. The minimum Gasteiger partial charge on any atom is -0.426 e. The maximum Gasteiger partial charge on any atom is 0.313 e. The molecule has 0 aromatic heterocycles. The van der Waals surface area contributed by atoms with Crippen LogP contribution in [-0.2, 0) is 16.0 Å². The quantitative estimate of drug-likeness (QED) is 0.462. The molecule has 1 aromatic carbocycles. The average Bonchev–Trinajstić information content (AvgIpc) is 2.20. The topological polar surface area (TPSA) is 43.4 Å². The van der Waals surface area contributed by atoms with Crippen LogP contribution in [0.2, 0.25) is 0 Å². The standard InChI is InChI=1S/C12H13ClO3/c1-8(2)12(15)16-10-6-4-3-5-9(10)7-11(13)14/h3-6,8H,7H2,1-2H3. The highest BCUT2D eigenvalue weighted by atomic mass is 35.5. The molecule has 4 heteroatoms. The van der Waals surface area contributed by atoms with Crippen molar-refractivity contribution in [3.05, 3.63) is 29.8 Å². The van der Waals surface area contributed by atoms with Gasteiger partial charge in [0.1, 0.15) is 5.75 Å². The van der Waals surface area contributed by atoms with Gasteiger partial charge in [-0.1, -0.05) is 32.0 Å². The van der Waals surface area contributed by atoms with Gasteiger partial charge in [0.15, 0.2) is 0 Å². The van der Waals surface area contributed by atoms with Crippen molar-refractivity contribution >= 4 is 22.8 Å². The molecule has 0 aliphatic rings. The molecule has 86 valence electrons. The van der Waals surface area contributed by atoms with Crippen LogP contribution in [0.25, 0.3) is 0 Å². The number of halogens is 1. The van der Waals surface area contributed by atoms with Crippen molar-refractivity contribution in [1.82, 2.24) is 0 Å². The molecule has 0 unspecified atom stereocenters. The zero-order valence-electron chi connectivity index (χ0n) is 9.20. The summed E-state index contributed by atoms with van der Waals surface area (Å²) in [6.45, 7) is 3.50. The maximum atomic E-state index is 11.4. The molecule has 0 bridgehead atoms. The van der Waals surface area contributed by atoms with Crippen molar-refractivity contribution < 1.29 is 14.3 Å². The molecule has 0 aliphatic carbocycles. The molecule has 0 saturated heterocycles. The molecule has 3 nitrogen and oxygen atoms in total. The van der Waals surface area contributed by atoms with Crippen LogP contribution in [0.1, 0.15) is 19.4 Å². The third kappa shape index (κ3) is 3.66. The molecule has 0 fully saturated rings. The lowest BCUT2D eigenvalue weighted by atomic mass is 10.1. The molecular weight excluding hydrogens is 228 g/mol. The van der Waals surface area contributed by atoms with E-state index >= 15 is 0 Å². The molecule has 16 heavy (non-hydrogen) atoms. The normalized spacial score (nSPS) is 10.2. The van der Waals surface area contributed by atoms with E-state index < -0.39 is 5.24 Å². The minimum absolute atomic E-state index is 0.0586. The smallest absolute Gasteiger partial charge is 0.313 e. The molecule has 0 atom stereocenters. The Kier molecular flexibility index (Phi) is 4.50. The van der Waals surface area contributed by atoms with Gasteiger partial charge in [0, 0.05) is 5.56 Å². The summed E-state index contributed by atoms with van der Waals surface area (Å²) in [5.74, 6) is -0.135. The number of carbonyl (C=O) groups is 2. The van der Waals surface area contributed by atoms with Crippen LogP contribution in [0.15, 0.2) is 24.3 Å². The number of benzene rings is 1. The largest absolute Gasteiger partial charge is 0.426 e. The van der Waals surface area contributed by atoms with Gasteiger partial charge >= 0.3 is 5.97 Å². The molecule has 0 N–H and O–H groups in total. The van der Waals surface area contributed by atoms with Crippen molar-refractivity contribution in [2.75, 3.05) is 0 Å². The minimum atomic E-state index is -0.479. The van der Waals surface area contributed by atoms with E-state index in [9.17, 15) is 9.59 Å². The number of hydrogen-bond donors (Lipinski definition) is 0. The summed E-state index contributed by atoms with van der Waals surface area (Å²) < 4.78 is 5.16. The van der Waals surface area contributed by atoms with Crippen LogP contribution >= 0.6 is 11.6 Å². The highest BCUT2D eigenvalue weighted by Crippen LogP contribution is 2.20. The molecule has 1 rings (SSSR count). The van der Waals surface area contributed by atoms with E-state index in [2.05, 4.69) is 0 Å². The lowest BCUT2D eigenvalue weighted by molar-refractivity contribution is -0.137. The SMILES string of the molecule is CC(C)C(=O)Oc1ccccc1CC(=O)Cl. The van der Waals surface area contributed by atoms with E-state index in [4.69, 9.17) is 16.3 Å². The van der Waals surface area contributed by atoms with E-state index in [1.807, 2.05) is 0 Å². The fourth-order valence-corrected chi connectivity index (χ4v) is 1.27. The highest BCUT2D eigenvalue weighted by molar-refractivity contribution is 6.63. The van der Waals surface area contributed by atoms with Gasteiger partial charge in [-0.15, -0.1) is 0 Å². The third-order valence-electron chi connectivity index (χ3n) is 1.98. The van der Waals surface area contributed by atoms with Gasteiger partial charge in [-0.2, -0.15) is 0 Å². The van der Waals surface area contributed by atoms with Gasteiger partial charge in [0.05, 0.1) is 12.3 Å². The second kappa shape index (κ2) is 5.66. The lowest BCUT2D eigenvalue weighted by Crippen LogP contribution is -2.16. The van der Waals surface area contributed by atoms with Crippen LogP contribution < -0.4 is 4.74 Å². The Hall–Kier alpha value is -1.35. The Morgan fingerprint density at radius 1 is 1.31 bits per heavy atom. The zero-order valence-corrected chi connectivity index (χ0v) is 9.95. The van der Waals surface area contributed by atoms with E-state index in [-0.39, 0.29) is 18.3 Å². The summed E-state index contributed by atoms with van der Waals surface area (Å²) >= 11 is 5.30. The summed E-state index contributed by atoms with van der Waals surface area (Å²) in [5, 5.41) is -0.479. The third-order valence-corrected chi connectivity index (χ3v) is 2.12. The number of hydrogen-bond acceptors (Lipinski definition) is 3. The first kappa shape index (κ1) is 12.7. The number of esters is 1. The van der Waals surface area contributed by atoms with Crippen LogP contribution in [-0.4, -0.2) is 11.2 Å². The second-order valence-corrected chi connectivity index (χ2v) is 4.14. The Bertz CT molecular complexity index is 399. The lowest BCUT2D eigenvalue weighted by Gasteiger charge is -2.10. The van der Waals surface area contributed by atoms with Crippen molar-refractivity contribution in [1.29, 1.82) is 0 Å². The molecule has 0 radical (unpaired) electrons. The molecule has 0 amide bonds. The average molecular weight is 241 g/mol. The van der Waals surface area contributed by atoms with Gasteiger partial charge in [0.2, 0.25) is 5.24 Å². The van der Waals surface area contributed by atoms with Gasteiger partial charge in [0.25, 0.3) is 0 Å². The molecule has 0 aliphatic heterocycles. The Morgan fingerprint density at radius 3 is 2.50 bits per heavy atom. The van der Waals surface area contributed by atoms with E-state index in [1.54, 1.807) is 38.1 Å². The van der Waals surface area contributed by atoms with Gasteiger partial charge < -0.3 is 4.74 Å². The summed E-state index contributed by atoms with van der Waals surface area (Å²) in [4.78, 5) is 22.2.